The van der Waals surface area contributed by atoms with Gasteiger partial charge in [0.05, 0.1) is 11.6 Å². The van der Waals surface area contributed by atoms with Crippen LogP contribution in [0.5, 0.6) is 0 Å². The summed E-state index contributed by atoms with van der Waals surface area (Å²) in [5, 5.41) is 11.4. The second-order valence-electron chi connectivity index (χ2n) is 4.16. The third kappa shape index (κ3) is 3.17. The minimum atomic E-state index is -0.402. The molecule has 0 spiro atoms. The molecule has 0 aromatic heterocycles. The first kappa shape index (κ1) is 12.8. The van der Waals surface area contributed by atoms with Crippen molar-refractivity contribution >= 4 is 11.6 Å². The highest BCUT2D eigenvalue weighted by Gasteiger charge is 2.07. The van der Waals surface area contributed by atoms with Crippen LogP contribution in [0.2, 0.25) is 0 Å². The number of hydrogen-bond acceptors (Lipinski definition) is 2. The fourth-order valence-electron chi connectivity index (χ4n) is 1.74. The smallest absolute Gasteiger partial charge is 0.255 e. The second kappa shape index (κ2) is 5.32. The SMILES string of the molecule is Cc1cc(F)cc(NC(=O)c2cccc(C#N)c2)c1. The molecular weight excluding hydrogens is 243 g/mol. The summed E-state index contributed by atoms with van der Waals surface area (Å²) in [5.74, 6) is -0.775. The molecule has 1 N–H and O–H groups in total. The number of aryl methyl sites for hydroxylation is 1. The molecule has 2 aromatic rings. The summed E-state index contributed by atoms with van der Waals surface area (Å²) in [4.78, 5) is 12.0. The number of carbonyl (C=O) groups excluding carboxylic acids is 1. The van der Waals surface area contributed by atoms with E-state index in [1.165, 1.54) is 18.2 Å². The van der Waals surface area contributed by atoms with Gasteiger partial charge in [-0.2, -0.15) is 5.26 Å². The fourth-order valence-corrected chi connectivity index (χ4v) is 1.74. The van der Waals surface area contributed by atoms with E-state index in [0.29, 0.717) is 16.8 Å². The molecule has 19 heavy (non-hydrogen) atoms. The number of halogens is 1. The van der Waals surface area contributed by atoms with Gasteiger partial charge in [-0.25, -0.2) is 4.39 Å². The van der Waals surface area contributed by atoms with E-state index in [1.54, 1.807) is 31.2 Å². The Morgan fingerprint density at radius 2 is 2.05 bits per heavy atom. The van der Waals surface area contributed by atoms with Gasteiger partial charge >= 0.3 is 0 Å². The third-order valence-corrected chi connectivity index (χ3v) is 2.55. The van der Waals surface area contributed by atoms with E-state index in [4.69, 9.17) is 5.26 Å². The number of nitrogens with one attached hydrogen (secondary N) is 1. The van der Waals surface area contributed by atoms with Gasteiger partial charge in [-0.3, -0.25) is 4.79 Å². The normalized spacial score (nSPS) is 9.74. The van der Waals surface area contributed by atoms with E-state index in [1.807, 2.05) is 6.07 Å². The van der Waals surface area contributed by atoms with Crippen LogP contribution in [0.15, 0.2) is 42.5 Å². The lowest BCUT2D eigenvalue weighted by Crippen LogP contribution is -2.12. The molecule has 0 aliphatic carbocycles. The molecule has 0 heterocycles. The molecule has 1 amide bonds. The number of rotatable bonds is 2. The summed E-state index contributed by atoms with van der Waals surface area (Å²) in [6.45, 7) is 1.75. The van der Waals surface area contributed by atoms with Crippen molar-refractivity contribution < 1.29 is 9.18 Å². The lowest BCUT2D eigenvalue weighted by Gasteiger charge is -2.06. The van der Waals surface area contributed by atoms with Crippen molar-refractivity contribution in [3.05, 3.63) is 65.0 Å². The quantitative estimate of drug-likeness (QED) is 0.894. The van der Waals surface area contributed by atoms with Crippen molar-refractivity contribution in [1.82, 2.24) is 0 Å². The monoisotopic (exact) mass is 254 g/mol. The van der Waals surface area contributed by atoms with Gasteiger partial charge in [0.15, 0.2) is 0 Å². The van der Waals surface area contributed by atoms with Crippen LogP contribution in [0.25, 0.3) is 0 Å². The Morgan fingerprint density at radius 1 is 1.26 bits per heavy atom. The topological polar surface area (TPSA) is 52.9 Å². The molecule has 3 nitrogen and oxygen atoms in total. The maximum atomic E-state index is 13.2. The van der Waals surface area contributed by atoms with Crippen LogP contribution in [0, 0.1) is 24.1 Å². The predicted octanol–water partition coefficient (Wildman–Crippen LogP) is 3.26. The number of amides is 1. The van der Waals surface area contributed by atoms with Crippen LogP contribution in [0.3, 0.4) is 0 Å². The molecule has 0 bridgehead atoms. The number of carbonyl (C=O) groups is 1. The van der Waals surface area contributed by atoms with Crippen molar-refractivity contribution in [3.63, 3.8) is 0 Å². The summed E-state index contributed by atoms with van der Waals surface area (Å²) in [6.07, 6.45) is 0. The fraction of sp³-hybridized carbons (Fsp3) is 0.0667. The van der Waals surface area contributed by atoms with Gasteiger partial charge in [-0.05, 0) is 48.9 Å². The Hall–Kier alpha value is -2.67. The van der Waals surface area contributed by atoms with Crippen LogP contribution in [0.1, 0.15) is 21.5 Å². The molecule has 94 valence electrons. The summed E-state index contributed by atoms with van der Waals surface area (Å²) in [7, 11) is 0. The lowest BCUT2D eigenvalue weighted by molar-refractivity contribution is 0.102. The lowest BCUT2D eigenvalue weighted by atomic mass is 10.1. The first-order valence-electron chi connectivity index (χ1n) is 5.67. The highest BCUT2D eigenvalue weighted by Crippen LogP contribution is 2.15. The molecule has 0 unspecified atom stereocenters. The average Bonchev–Trinajstić information content (AvgIpc) is 2.37. The van der Waals surface area contributed by atoms with Crippen LogP contribution in [0.4, 0.5) is 10.1 Å². The summed E-state index contributed by atoms with van der Waals surface area (Å²) in [6, 6.07) is 12.6. The Balaban J connectivity index is 2.23. The van der Waals surface area contributed by atoms with E-state index in [2.05, 4.69) is 5.32 Å². The molecule has 0 aliphatic rings. The maximum absolute atomic E-state index is 13.2. The number of nitriles is 1. The highest BCUT2D eigenvalue weighted by molar-refractivity contribution is 6.04. The van der Waals surface area contributed by atoms with Crippen molar-refractivity contribution in [2.75, 3.05) is 5.32 Å². The van der Waals surface area contributed by atoms with Crippen LogP contribution < -0.4 is 5.32 Å². The molecule has 0 radical (unpaired) electrons. The molecule has 4 heteroatoms. The third-order valence-electron chi connectivity index (χ3n) is 2.55. The first-order chi connectivity index (χ1) is 9.08. The molecule has 0 aliphatic heterocycles. The number of nitrogens with zero attached hydrogens (tertiary/aromatic N) is 1. The maximum Gasteiger partial charge on any atom is 0.255 e. The van der Waals surface area contributed by atoms with Crippen molar-refractivity contribution in [3.8, 4) is 6.07 Å². The summed E-state index contributed by atoms with van der Waals surface area (Å²) >= 11 is 0. The zero-order chi connectivity index (χ0) is 13.8. The van der Waals surface area contributed by atoms with Crippen molar-refractivity contribution in [2.45, 2.75) is 6.92 Å². The molecule has 0 saturated heterocycles. The molecular formula is C15H11FN2O. The Bertz CT molecular complexity index is 654. The number of hydrogen-bond donors (Lipinski definition) is 1. The van der Waals surface area contributed by atoms with Gasteiger partial charge in [0.2, 0.25) is 0 Å². The number of anilines is 1. The molecule has 0 atom stereocenters. The van der Waals surface area contributed by atoms with Gasteiger partial charge in [-0.15, -0.1) is 0 Å². The van der Waals surface area contributed by atoms with Crippen molar-refractivity contribution in [1.29, 1.82) is 5.26 Å². The van der Waals surface area contributed by atoms with E-state index in [-0.39, 0.29) is 5.91 Å². The molecule has 0 saturated carbocycles. The highest BCUT2D eigenvalue weighted by atomic mass is 19.1. The van der Waals surface area contributed by atoms with E-state index < -0.39 is 5.82 Å². The molecule has 2 rings (SSSR count). The van der Waals surface area contributed by atoms with Gasteiger partial charge in [0.25, 0.3) is 5.91 Å². The largest absolute Gasteiger partial charge is 0.322 e. The van der Waals surface area contributed by atoms with Crippen LogP contribution in [-0.2, 0) is 0 Å². The minimum Gasteiger partial charge on any atom is -0.322 e. The van der Waals surface area contributed by atoms with Gasteiger partial charge < -0.3 is 5.32 Å². The van der Waals surface area contributed by atoms with Gasteiger partial charge in [0, 0.05) is 11.3 Å². The van der Waals surface area contributed by atoms with Gasteiger partial charge in [-0.1, -0.05) is 6.07 Å². The average molecular weight is 254 g/mol. The molecule has 2 aromatic carbocycles. The Morgan fingerprint density at radius 3 is 2.74 bits per heavy atom. The van der Waals surface area contributed by atoms with E-state index >= 15 is 0 Å². The standard InChI is InChI=1S/C15H11FN2O/c1-10-5-13(16)8-14(6-10)18-15(19)12-4-2-3-11(7-12)9-17/h2-8H,1H3,(H,18,19). The zero-order valence-electron chi connectivity index (χ0n) is 10.3. The Kier molecular flexibility index (Phi) is 3.58. The first-order valence-corrected chi connectivity index (χ1v) is 5.67. The van der Waals surface area contributed by atoms with E-state index in [0.717, 1.165) is 5.56 Å². The predicted molar refractivity (Wildman–Crippen MR) is 70.2 cm³/mol. The van der Waals surface area contributed by atoms with Gasteiger partial charge in [0.1, 0.15) is 5.82 Å². The van der Waals surface area contributed by atoms with Crippen LogP contribution >= 0.6 is 0 Å². The van der Waals surface area contributed by atoms with Crippen LogP contribution in [-0.4, -0.2) is 5.91 Å². The minimum absolute atomic E-state index is 0.362. The molecule has 0 fully saturated rings. The summed E-state index contributed by atoms with van der Waals surface area (Å²) < 4.78 is 13.2. The summed E-state index contributed by atoms with van der Waals surface area (Å²) in [5.41, 5.74) is 1.88. The van der Waals surface area contributed by atoms with E-state index in [9.17, 15) is 9.18 Å². The zero-order valence-corrected chi connectivity index (χ0v) is 10.3. The van der Waals surface area contributed by atoms with Crippen molar-refractivity contribution in [2.24, 2.45) is 0 Å². The number of benzene rings is 2. The second-order valence-corrected chi connectivity index (χ2v) is 4.16. The Labute approximate surface area is 110 Å².